The van der Waals surface area contributed by atoms with Crippen LogP contribution >= 0.6 is 11.3 Å². The largest absolute Gasteiger partial charge is 0.478 e. The maximum absolute atomic E-state index is 11.0. The van der Waals surface area contributed by atoms with Crippen LogP contribution in [0.1, 0.15) is 41.6 Å². The first-order valence-corrected chi connectivity index (χ1v) is 8.08. The fraction of sp³-hybridized carbons (Fsp3) is 0.438. The van der Waals surface area contributed by atoms with Crippen LogP contribution in [0.3, 0.4) is 0 Å². The summed E-state index contributed by atoms with van der Waals surface area (Å²) in [5.41, 5.74) is 1.71. The summed E-state index contributed by atoms with van der Waals surface area (Å²) in [5.74, 6) is -0.852. The van der Waals surface area contributed by atoms with Gasteiger partial charge in [0.15, 0.2) is 0 Å². The number of rotatable bonds is 3. The third kappa shape index (κ3) is 2.86. The summed E-state index contributed by atoms with van der Waals surface area (Å²) in [6.07, 6.45) is 5.29. The molecule has 2 heterocycles. The molecule has 3 nitrogen and oxygen atoms in total. The molecule has 4 heteroatoms. The van der Waals surface area contributed by atoms with Gasteiger partial charge in [-0.15, -0.1) is 11.3 Å². The summed E-state index contributed by atoms with van der Waals surface area (Å²) in [5, 5.41) is 12.4. The van der Waals surface area contributed by atoms with Gasteiger partial charge in [-0.2, -0.15) is 0 Å². The van der Waals surface area contributed by atoms with E-state index in [9.17, 15) is 4.79 Å². The summed E-state index contributed by atoms with van der Waals surface area (Å²) < 4.78 is 1.08. The molecule has 1 aliphatic heterocycles. The average Bonchev–Trinajstić information content (AvgIpc) is 2.66. The van der Waals surface area contributed by atoms with Crippen molar-refractivity contribution in [3.05, 3.63) is 34.7 Å². The van der Waals surface area contributed by atoms with Crippen LogP contribution < -0.4 is 0 Å². The number of hydrogen-bond acceptors (Lipinski definition) is 3. The van der Waals surface area contributed by atoms with Crippen molar-refractivity contribution < 1.29 is 9.90 Å². The van der Waals surface area contributed by atoms with Gasteiger partial charge in [-0.3, -0.25) is 4.90 Å². The Balaban J connectivity index is 1.83. The van der Waals surface area contributed by atoms with E-state index in [2.05, 4.69) is 10.3 Å². The Kier molecular flexibility index (Phi) is 4.03. The first kappa shape index (κ1) is 13.6. The first-order valence-electron chi connectivity index (χ1n) is 7.20. The molecule has 1 fully saturated rings. The minimum atomic E-state index is -0.852. The molecular formula is C16H19NO2S. The first-order chi connectivity index (χ1) is 9.74. The highest BCUT2D eigenvalue weighted by molar-refractivity contribution is 7.17. The van der Waals surface area contributed by atoms with Crippen molar-refractivity contribution >= 4 is 27.4 Å². The molecule has 0 amide bonds. The highest BCUT2D eigenvalue weighted by atomic mass is 32.1. The molecule has 1 aromatic heterocycles. The van der Waals surface area contributed by atoms with Gasteiger partial charge in [-0.1, -0.05) is 18.9 Å². The van der Waals surface area contributed by atoms with Gasteiger partial charge in [0.1, 0.15) is 0 Å². The SMILES string of the molecule is O=C(O)c1ccc2c(CN3CCCCCC3)csc2c1. The van der Waals surface area contributed by atoms with E-state index in [1.807, 2.05) is 6.07 Å². The molecule has 1 N–H and O–H groups in total. The topological polar surface area (TPSA) is 40.5 Å². The second kappa shape index (κ2) is 5.94. The van der Waals surface area contributed by atoms with E-state index in [0.717, 1.165) is 11.2 Å². The molecule has 20 heavy (non-hydrogen) atoms. The number of hydrogen-bond donors (Lipinski definition) is 1. The van der Waals surface area contributed by atoms with Gasteiger partial charge in [0, 0.05) is 11.2 Å². The summed E-state index contributed by atoms with van der Waals surface area (Å²) in [7, 11) is 0. The Morgan fingerprint density at radius 3 is 2.65 bits per heavy atom. The van der Waals surface area contributed by atoms with Crippen LogP contribution in [0.2, 0.25) is 0 Å². The van der Waals surface area contributed by atoms with Crippen molar-refractivity contribution in [3.8, 4) is 0 Å². The maximum atomic E-state index is 11.0. The van der Waals surface area contributed by atoms with Gasteiger partial charge in [0.2, 0.25) is 0 Å². The molecule has 1 saturated heterocycles. The second-order valence-electron chi connectivity index (χ2n) is 5.47. The molecule has 1 aromatic carbocycles. The molecule has 2 aromatic rings. The average molecular weight is 289 g/mol. The van der Waals surface area contributed by atoms with Crippen molar-refractivity contribution in [2.24, 2.45) is 0 Å². The standard InChI is InChI=1S/C16H19NO2S/c18-16(19)12-5-6-14-13(11-20-15(14)9-12)10-17-7-3-1-2-4-8-17/h5-6,9,11H,1-4,7-8,10H2,(H,18,19). The molecule has 1 aliphatic rings. The van der Waals surface area contributed by atoms with E-state index in [1.165, 1.54) is 49.7 Å². The minimum absolute atomic E-state index is 0.376. The highest BCUT2D eigenvalue weighted by Gasteiger charge is 2.13. The van der Waals surface area contributed by atoms with Crippen molar-refractivity contribution in [1.29, 1.82) is 0 Å². The van der Waals surface area contributed by atoms with Crippen molar-refractivity contribution in [1.82, 2.24) is 4.90 Å². The second-order valence-corrected chi connectivity index (χ2v) is 6.38. The van der Waals surface area contributed by atoms with Crippen LogP contribution in [-0.2, 0) is 6.54 Å². The van der Waals surface area contributed by atoms with Crippen LogP contribution in [0.5, 0.6) is 0 Å². The number of benzene rings is 1. The van der Waals surface area contributed by atoms with E-state index in [1.54, 1.807) is 23.5 Å². The summed E-state index contributed by atoms with van der Waals surface area (Å²) >= 11 is 1.65. The lowest BCUT2D eigenvalue weighted by atomic mass is 10.1. The van der Waals surface area contributed by atoms with E-state index >= 15 is 0 Å². The molecule has 3 rings (SSSR count). The molecule has 0 unspecified atom stereocenters. The predicted molar refractivity (Wildman–Crippen MR) is 82.5 cm³/mol. The number of thiophene rings is 1. The van der Waals surface area contributed by atoms with Crippen LogP contribution in [0, 0.1) is 0 Å². The van der Waals surface area contributed by atoms with E-state index in [-0.39, 0.29) is 0 Å². The van der Waals surface area contributed by atoms with Crippen LogP contribution in [0.15, 0.2) is 23.6 Å². The lowest BCUT2D eigenvalue weighted by Gasteiger charge is -2.19. The van der Waals surface area contributed by atoms with Crippen molar-refractivity contribution in [2.45, 2.75) is 32.2 Å². The fourth-order valence-corrected chi connectivity index (χ4v) is 3.87. The summed E-state index contributed by atoms with van der Waals surface area (Å²) in [6.45, 7) is 3.36. The zero-order valence-corrected chi connectivity index (χ0v) is 12.3. The van der Waals surface area contributed by atoms with Gasteiger partial charge in [-0.05, 0) is 54.4 Å². The van der Waals surface area contributed by atoms with Crippen molar-refractivity contribution in [3.63, 3.8) is 0 Å². The van der Waals surface area contributed by atoms with E-state index in [0.29, 0.717) is 5.56 Å². The number of carbonyl (C=O) groups is 1. The molecule has 0 spiro atoms. The maximum Gasteiger partial charge on any atom is 0.335 e. The smallest absolute Gasteiger partial charge is 0.335 e. The Morgan fingerprint density at radius 2 is 1.95 bits per heavy atom. The third-order valence-electron chi connectivity index (χ3n) is 4.00. The van der Waals surface area contributed by atoms with Gasteiger partial charge in [-0.25, -0.2) is 4.79 Å². The predicted octanol–water partition coefficient (Wildman–Crippen LogP) is 3.98. The van der Waals surface area contributed by atoms with Crippen LogP contribution in [0.25, 0.3) is 10.1 Å². The molecule has 0 saturated carbocycles. The van der Waals surface area contributed by atoms with Crippen LogP contribution in [0.4, 0.5) is 0 Å². The number of carboxylic acids is 1. The Hall–Kier alpha value is -1.39. The Bertz CT molecular complexity index is 612. The summed E-state index contributed by atoms with van der Waals surface area (Å²) in [4.78, 5) is 13.5. The number of carboxylic acid groups (broad SMARTS) is 1. The minimum Gasteiger partial charge on any atom is -0.478 e. The lowest BCUT2D eigenvalue weighted by Crippen LogP contribution is -2.23. The highest BCUT2D eigenvalue weighted by Crippen LogP contribution is 2.28. The molecule has 0 atom stereocenters. The monoisotopic (exact) mass is 289 g/mol. The molecule has 0 aliphatic carbocycles. The number of likely N-dealkylation sites (tertiary alicyclic amines) is 1. The van der Waals surface area contributed by atoms with E-state index < -0.39 is 5.97 Å². The number of aromatic carboxylic acids is 1. The van der Waals surface area contributed by atoms with Crippen LogP contribution in [-0.4, -0.2) is 29.1 Å². The summed E-state index contributed by atoms with van der Waals surface area (Å²) in [6, 6.07) is 5.46. The van der Waals surface area contributed by atoms with Gasteiger partial charge >= 0.3 is 5.97 Å². The van der Waals surface area contributed by atoms with Gasteiger partial charge in [0.25, 0.3) is 0 Å². The number of nitrogens with zero attached hydrogens (tertiary/aromatic N) is 1. The fourth-order valence-electron chi connectivity index (χ4n) is 2.87. The number of fused-ring (bicyclic) bond motifs is 1. The lowest BCUT2D eigenvalue weighted by molar-refractivity contribution is 0.0697. The molecule has 106 valence electrons. The molecule has 0 bridgehead atoms. The van der Waals surface area contributed by atoms with Crippen molar-refractivity contribution in [2.75, 3.05) is 13.1 Å². The molecular weight excluding hydrogens is 270 g/mol. The quantitative estimate of drug-likeness (QED) is 0.929. The zero-order valence-electron chi connectivity index (χ0n) is 11.5. The Morgan fingerprint density at radius 1 is 1.20 bits per heavy atom. The van der Waals surface area contributed by atoms with Gasteiger partial charge in [0.05, 0.1) is 5.56 Å². The normalized spacial score (nSPS) is 17.2. The van der Waals surface area contributed by atoms with Gasteiger partial charge < -0.3 is 5.11 Å². The molecule has 0 radical (unpaired) electrons. The third-order valence-corrected chi connectivity index (χ3v) is 4.99. The zero-order chi connectivity index (χ0) is 13.9. The Labute approximate surface area is 122 Å². The van der Waals surface area contributed by atoms with E-state index in [4.69, 9.17) is 5.11 Å².